The summed E-state index contributed by atoms with van der Waals surface area (Å²) in [6, 6.07) is 13.7. The second-order valence-corrected chi connectivity index (χ2v) is 11.3. The summed E-state index contributed by atoms with van der Waals surface area (Å²) >= 11 is 6.81. The summed E-state index contributed by atoms with van der Waals surface area (Å²) < 4.78 is 28.4. The number of carbonyl (C=O) groups excluding carboxylic acids is 1. The van der Waals surface area contributed by atoms with Crippen LogP contribution in [0.1, 0.15) is 27.9 Å². The minimum atomic E-state index is -0.725. The first-order chi connectivity index (χ1) is 21.5. The molecule has 45 heavy (non-hydrogen) atoms. The van der Waals surface area contributed by atoms with Crippen molar-refractivity contribution >= 4 is 23.2 Å². The van der Waals surface area contributed by atoms with Crippen molar-refractivity contribution in [3.05, 3.63) is 103 Å². The maximum Gasteiger partial charge on any atom is 0.330 e. The molecule has 2 atom stereocenters. The minimum absolute atomic E-state index is 0.176. The predicted molar refractivity (Wildman–Crippen MR) is 171 cm³/mol. The molecule has 0 bridgehead atoms. The molecule has 236 valence electrons. The van der Waals surface area contributed by atoms with Crippen molar-refractivity contribution in [3.63, 3.8) is 0 Å². The number of aromatic nitrogens is 2. The van der Waals surface area contributed by atoms with E-state index in [9.17, 15) is 19.5 Å². The van der Waals surface area contributed by atoms with Gasteiger partial charge in [-0.25, -0.2) is 9.18 Å². The molecule has 5 rings (SSSR count). The zero-order chi connectivity index (χ0) is 32.4. The molecule has 3 N–H and O–H groups in total. The molecule has 1 fully saturated rings. The van der Waals surface area contributed by atoms with Gasteiger partial charge in [0.15, 0.2) is 0 Å². The fourth-order valence-electron chi connectivity index (χ4n) is 5.55. The smallest absolute Gasteiger partial charge is 0.330 e. The highest BCUT2D eigenvalue weighted by Crippen LogP contribution is 2.40. The molecule has 0 radical (unpaired) electrons. The molecule has 0 aliphatic carbocycles. The van der Waals surface area contributed by atoms with E-state index in [1.165, 1.54) is 33.5 Å². The highest BCUT2D eigenvalue weighted by molar-refractivity contribution is 6.36. The molecule has 12 heteroatoms. The lowest BCUT2D eigenvalue weighted by Crippen LogP contribution is -2.46. The lowest BCUT2D eigenvalue weighted by Gasteiger charge is -2.29. The number of rotatable bonds is 8. The van der Waals surface area contributed by atoms with Crippen LogP contribution in [0, 0.1) is 12.7 Å². The molecule has 1 aromatic heterocycles. The number of nitrogens with zero attached hydrogens (tertiary/aromatic N) is 2. The lowest BCUT2D eigenvalue weighted by molar-refractivity contribution is -0.0281. The van der Waals surface area contributed by atoms with Gasteiger partial charge in [0.25, 0.3) is 11.5 Å². The number of amides is 1. The van der Waals surface area contributed by atoms with Gasteiger partial charge in [-0.1, -0.05) is 41.9 Å². The highest BCUT2D eigenvalue weighted by atomic mass is 35.5. The van der Waals surface area contributed by atoms with Gasteiger partial charge in [0, 0.05) is 50.6 Å². The van der Waals surface area contributed by atoms with Gasteiger partial charge >= 0.3 is 5.69 Å². The van der Waals surface area contributed by atoms with E-state index in [1.54, 1.807) is 24.3 Å². The van der Waals surface area contributed by atoms with E-state index >= 15 is 4.39 Å². The summed E-state index contributed by atoms with van der Waals surface area (Å²) in [6.45, 7) is 2.83. The number of methoxy groups -OCH3 is 1. The van der Waals surface area contributed by atoms with Crippen LogP contribution in [0.4, 0.5) is 10.1 Å². The van der Waals surface area contributed by atoms with E-state index in [0.717, 1.165) is 25.8 Å². The summed E-state index contributed by atoms with van der Waals surface area (Å²) in [5.41, 5.74) is 2.68. The van der Waals surface area contributed by atoms with Gasteiger partial charge in [0.2, 0.25) is 0 Å². The molecule has 0 unspecified atom stereocenters. The van der Waals surface area contributed by atoms with Crippen LogP contribution in [0.25, 0.3) is 22.3 Å². The molecule has 1 aliphatic rings. The van der Waals surface area contributed by atoms with E-state index in [4.69, 9.17) is 21.1 Å². The number of hydrogen-bond donors (Lipinski definition) is 3. The Balaban J connectivity index is 1.45. The van der Waals surface area contributed by atoms with E-state index in [0.29, 0.717) is 35.5 Å². The zero-order valence-electron chi connectivity index (χ0n) is 25.3. The van der Waals surface area contributed by atoms with Gasteiger partial charge < -0.3 is 29.8 Å². The molecule has 1 aliphatic heterocycles. The van der Waals surface area contributed by atoms with Crippen LogP contribution in [0.5, 0.6) is 5.75 Å². The largest absolute Gasteiger partial charge is 0.496 e. The number of ether oxygens (including phenoxy) is 2. The number of halogens is 2. The Morgan fingerprint density at radius 2 is 1.84 bits per heavy atom. The van der Waals surface area contributed by atoms with Crippen molar-refractivity contribution in [2.75, 3.05) is 25.6 Å². The number of anilines is 1. The van der Waals surface area contributed by atoms with E-state index in [-0.39, 0.29) is 35.5 Å². The average molecular weight is 637 g/mol. The Kier molecular flexibility index (Phi) is 9.54. The second-order valence-electron chi connectivity index (χ2n) is 11.0. The van der Waals surface area contributed by atoms with Crippen LogP contribution in [-0.2, 0) is 25.4 Å². The van der Waals surface area contributed by atoms with Crippen LogP contribution < -0.4 is 26.6 Å². The quantitative estimate of drug-likeness (QED) is 0.267. The molecule has 1 saturated heterocycles. The standard InChI is InChI=1S/C33H34ClFN4O6/c1-18-20(19-13-25(35)23(29(14-19)44-4)15-36-26-11-12-45-17-28(26)40)7-5-8-21(18)22-9-6-10-27(30(22)34)37-31(41)24-16-38(2)33(43)39(3)32(24)42/h5-10,13-14,16,26,28,36,40H,11-12,15,17H2,1-4H3,(H,37,41)/t26-,28-/m0/s1. The summed E-state index contributed by atoms with van der Waals surface area (Å²) in [6.07, 6.45) is 1.14. The number of nitrogens with one attached hydrogen (secondary N) is 2. The maximum atomic E-state index is 15.6. The number of aliphatic hydroxyl groups excluding tert-OH is 1. The Hall–Kier alpha value is -4.29. The first kappa shape index (κ1) is 32.1. The summed E-state index contributed by atoms with van der Waals surface area (Å²) in [7, 11) is 4.24. The molecule has 0 spiro atoms. The number of aliphatic hydroxyl groups is 1. The second kappa shape index (κ2) is 13.4. The van der Waals surface area contributed by atoms with Crippen LogP contribution in [0.2, 0.25) is 5.02 Å². The number of hydrogen-bond acceptors (Lipinski definition) is 7. The molecule has 10 nitrogen and oxygen atoms in total. The van der Waals surface area contributed by atoms with Gasteiger partial charge in [-0.15, -0.1) is 0 Å². The van der Waals surface area contributed by atoms with E-state index in [1.807, 2.05) is 25.1 Å². The van der Waals surface area contributed by atoms with Crippen molar-refractivity contribution < 1.29 is 23.8 Å². The first-order valence-corrected chi connectivity index (χ1v) is 14.7. The molecule has 2 heterocycles. The number of aryl methyl sites for hydroxylation is 1. The summed E-state index contributed by atoms with van der Waals surface area (Å²) in [5.74, 6) is -0.786. The van der Waals surface area contributed by atoms with Crippen molar-refractivity contribution in [1.82, 2.24) is 14.5 Å². The number of carbonyl (C=O) groups is 1. The van der Waals surface area contributed by atoms with E-state index in [2.05, 4.69) is 10.6 Å². The Bertz CT molecular complexity index is 1890. The first-order valence-electron chi connectivity index (χ1n) is 14.3. The molecular weight excluding hydrogens is 603 g/mol. The Morgan fingerprint density at radius 1 is 1.13 bits per heavy atom. The third-order valence-corrected chi connectivity index (χ3v) is 8.52. The van der Waals surface area contributed by atoms with Gasteiger partial charge in [-0.05, 0) is 53.8 Å². The molecule has 1 amide bonds. The van der Waals surface area contributed by atoms with Crippen molar-refractivity contribution in [2.45, 2.75) is 32.0 Å². The fourth-order valence-corrected chi connectivity index (χ4v) is 5.82. The Labute approximate surface area is 264 Å². The fraction of sp³-hybridized carbons (Fsp3) is 0.303. The normalized spacial score (nSPS) is 16.4. The van der Waals surface area contributed by atoms with Gasteiger partial charge in [0.05, 0.1) is 30.5 Å². The molecule has 3 aromatic carbocycles. The number of benzene rings is 3. The molecular formula is C33H34ClFN4O6. The van der Waals surface area contributed by atoms with Crippen LogP contribution in [-0.4, -0.2) is 52.6 Å². The molecule has 4 aromatic rings. The van der Waals surface area contributed by atoms with Crippen molar-refractivity contribution in [3.8, 4) is 28.0 Å². The molecule has 0 saturated carbocycles. The van der Waals surface area contributed by atoms with E-state index < -0.39 is 29.1 Å². The predicted octanol–water partition coefficient (Wildman–Crippen LogP) is 4.02. The topological polar surface area (TPSA) is 124 Å². The summed E-state index contributed by atoms with van der Waals surface area (Å²) in [5, 5.41) is 16.3. The van der Waals surface area contributed by atoms with Crippen LogP contribution >= 0.6 is 11.6 Å². The van der Waals surface area contributed by atoms with Crippen molar-refractivity contribution in [1.29, 1.82) is 0 Å². The maximum absolute atomic E-state index is 15.6. The monoisotopic (exact) mass is 636 g/mol. The van der Waals surface area contributed by atoms with Crippen LogP contribution in [0.3, 0.4) is 0 Å². The zero-order valence-corrected chi connectivity index (χ0v) is 26.1. The third-order valence-electron chi connectivity index (χ3n) is 8.11. The van der Waals surface area contributed by atoms with Crippen LogP contribution in [0.15, 0.2) is 64.3 Å². The third kappa shape index (κ3) is 6.43. The van der Waals surface area contributed by atoms with Gasteiger partial charge in [0.1, 0.15) is 17.1 Å². The lowest BCUT2D eigenvalue weighted by atomic mass is 9.91. The summed E-state index contributed by atoms with van der Waals surface area (Å²) in [4.78, 5) is 37.7. The van der Waals surface area contributed by atoms with Crippen molar-refractivity contribution in [2.24, 2.45) is 14.1 Å². The Morgan fingerprint density at radius 3 is 2.58 bits per heavy atom. The van der Waals surface area contributed by atoms with Gasteiger partial charge in [-0.3, -0.25) is 14.2 Å². The SMILES string of the molecule is COc1cc(-c2cccc(-c3cccc(NC(=O)c4cn(C)c(=O)n(C)c4=O)c3Cl)c2C)cc(F)c1CN[C@H]1CCOC[C@@H]1O. The average Bonchev–Trinajstić information content (AvgIpc) is 3.02. The van der Waals surface area contributed by atoms with Gasteiger partial charge in [-0.2, -0.15) is 0 Å². The minimum Gasteiger partial charge on any atom is -0.496 e. The highest BCUT2D eigenvalue weighted by Gasteiger charge is 2.25.